The van der Waals surface area contributed by atoms with Crippen LogP contribution >= 0.6 is 11.6 Å². The highest BCUT2D eigenvalue weighted by atomic mass is 35.5. The molecule has 1 fully saturated rings. The smallest absolute Gasteiger partial charge is 0.122 e. The molecule has 0 amide bonds. The Labute approximate surface area is 95.4 Å². The van der Waals surface area contributed by atoms with E-state index in [4.69, 9.17) is 22.1 Å². The number of benzene rings is 1. The molecule has 0 bridgehead atoms. The van der Waals surface area contributed by atoms with Gasteiger partial charge in [0.2, 0.25) is 0 Å². The fourth-order valence-electron chi connectivity index (χ4n) is 1.74. The van der Waals surface area contributed by atoms with Crippen molar-refractivity contribution in [3.63, 3.8) is 0 Å². The Morgan fingerprint density at radius 1 is 1.47 bits per heavy atom. The van der Waals surface area contributed by atoms with Crippen molar-refractivity contribution in [1.82, 2.24) is 0 Å². The standard InChI is InChI=1S/C12H16ClNO/c1-15-11-3-2-10(13)8-9(11)4-5-12(14)6-7-12/h2-3,8H,4-7,14H2,1H3. The van der Waals surface area contributed by atoms with E-state index in [1.807, 2.05) is 18.2 Å². The van der Waals surface area contributed by atoms with Gasteiger partial charge in [-0.25, -0.2) is 0 Å². The van der Waals surface area contributed by atoms with Crippen LogP contribution < -0.4 is 10.5 Å². The predicted molar refractivity (Wildman–Crippen MR) is 62.5 cm³/mol. The van der Waals surface area contributed by atoms with E-state index < -0.39 is 0 Å². The van der Waals surface area contributed by atoms with E-state index in [0.29, 0.717) is 0 Å². The Bertz CT molecular complexity index is 361. The average molecular weight is 226 g/mol. The van der Waals surface area contributed by atoms with Crippen molar-refractivity contribution in [2.45, 2.75) is 31.2 Å². The van der Waals surface area contributed by atoms with Crippen LogP contribution in [0.25, 0.3) is 0 Å². The number of aryl methyl sites for hydroxylation is 1. The molecule has 1 saturated carbocycles. The van der Waals surface area contributed by atoms with E-state index in [9.17, 15) is 0 Å². The second-order valence-corrected chi connectivity index (χ2v) is 4.75. The third kappa shape index (κ3) is 2.64. The number of ether oxygens (including phenoxy) is 1. The SMILES string of the molecule is COc1ccc(Cl)cc1CCC1(N)CC1. The van der Waals surface area contributed by atoms with Gasteiger partial charge in [-0.15, -0.1) is 0 Å². The Morgan fingerprint density at radius 3 is 2.80 bits per heavy atom. The van der Waals surface area contributed by atoms with Gasteiger partial charge in [-0.1, -0.05) is 11.6 Å². The number of methoxy groups -OCH3 is 1. The fraction of sp³-hybridized carbons (Fsp3) is 0.500. The molecule has 0 aromatic heterocycles. The molecule has 2 nitrogen and oxygen atoms in total. The molecule has 0 heterocycles. The first-order chi connectivity index (χ1) is 7.13. The molecular weight excluding hydrogens is 210 g/mol. The van der Waals surface area contributed by atoms with E-state index in [1.165, 1.54) is 0 Å². The van der Waals surface area contributed by atoms with E-state index >= 15 is 0 Å². The van der Waals surface area contributed by atoms with Crippen molar-refractivity contribution < 1.29 is 4.74 Å². The Hall–Kier alpha value is -0.730. The number of rotatable bonds is 4. The van der Waals surface area contributed by atoms with Gasteiger partial charge in [-0.3, -0.25) is 0 Å². The van der Waals surface area contributed by atoms with Crippen LogP contribution in [0.15, 0.2) is 18.2 Å². The summed E-state index contributed by atoms with van der Waals surface area (Å²) in [4.78, 5) is 0. The summed E-state index contributed by atoms with van der Waals surface area (Å²) in [5.74, 6) is 0.906. The van der Waals surface area contributed by atoms with Gasteiger partial charge in [-0.2, -0.15) is 0 Å². The summed E-state index contributed by atoms with van der Waals surface area (Å²) in [6.07, 6.45) is 4.26. The third-order valence-corrected chi connectivity index (χ3v) is 3.26. The van der Waals surface area contributed by atoms with E-state index in [0.717, 1.165) is 42.0 Å². The number of hydrogen-bond donors (Lipinski definition) is 1. The lowest BCUT2D eigenvalue weighted by molar-refractivity contribution is 0.408. The molecule has 1 aliphatic carbocycles. The van der Waals surface area contributed by atoms with E-state index in [-0.39, 0.29) is 5.54 Å². The Balaban J connectivity index is 2.08. The molecule has 0 saturated heterocycles. The summed E-state index contributed by atoms with van der Waals surface area (Å²) in [6, 6.07) is 5.72. The molecular formula is C12H16ClNO. The highest BCUT2D eigenvalue weighted by Crippen LogP contribution is 2.37. The first kappa shape index (κ1) is 10.8. The quantitative estimate of drug-likeness (QED) is 0.855. The summed E-state index contributed by atoms with van der Waals surface area (Å²) in [7, 11) is 1.68. The minimum absolute atomic E-state index is 0.0906. The van der Waals surface area contributed by atoms with Gasteiger partial charge < -0.3 is 10.5 Å². The molecule has 1 aromatic rings. The van der Waals surface area contributed by atoms with Crippen LogP contribution in [0.2, 0.25) is 5.02 Å². The molecule has 0 atom stereocenters. The lowest BCUT2D eigenvalue weighted by atomic mass is 10.0. The van der Waals surface area contributed by atoms with E-state index in [2.05, 4.69) is 0 Å². The summed E-state index contributed by atoms with van der Waals surface area (Å²) >= 11 is 5.95. The second kappa shape index (κ2) is 4.03. The van der Waals surface area contributed by atoms with Crippen LogP contribution in [-0.2, 0) is 6.42 Å². The van der Waals surface area contributed by atoms with Crippen molar-refractivity contribution >= 4 is 11.6 Å². The lowest BCUT2D eigenvalue weighted by Gasteiger charge is -2.11. The topological polar surface area (TPSA) is 35.2 Å². The molecule has 0 spiro atoms. The monoisotopic (exact) mass is 225 g/mol. The van der Waals surface area contributed by atoms with Crippen LogP contribution in [0.5, 0.6) is 5.75 Å². The van der Waals surface area contributed by atoms with Crippen LogP contribution in [0, 0.1) is 0 Å². The van der Waals surface area contributed by atoms with Gasteiger partial charge in [-0.05, 0) is 49.4 Å². The fourth-order valence-corrected chi connectivity index (χ4v) is 1.93. The zero-order valence-corrected chi connectivity index (χ0v) is 9.68. The zero-order valence-electron chi connectivity index (χ0n) is 8.92. The van der Waals surface area contributed by atoms with Crippen LogP contribution in [0.4, 0.5) is 0 Å². The van der Waals surface area contributed by atoms with Crippen molar-refractivity contribution in [2.75, 3.05) is 7.11 Å². The van der Waals surface area contributed by atoms with Crippen molar-refractivity contribution in [3.05, 3.63) is 28.8 Å². The maximum Gasteiger partial charge on any atom is 0.122 e. The summed E-state index contributed by atoms with van der Waals surface area (Å²) < 4.78 is 5.29. The molecule has 0 radical (unpaired) electrons. The van der Waals surface area contributed by atoms with Crippen LogP contribution in [-0.4, -0.2) is 12.6 Å². The average Bonchev–Trinajstić information content (AvgIpc) is 2.95. The Morgan fingerprint density at radius 2 is 2.20 bits per heavy atom. The van der Waals surface area contributed by atoms with Crippen molar-refractivity contribution in [2.24, 2.45) is 5.73 Å². The molecule has 1 aromatic carbocycles. The maximum atomic E-state index is 6.05. The van der Waals surface area contributed by atoms with E-state index in [1.54, 1.807) is 7.11 Å². The number of nitrogens with two attached hydrogens (primary N) is 1. The normalized spacial score (nSPS) is 17.5. The third-order valence-electron chi connectivity index (χ3n) is 3.03. The summed E-state index contributed by atoms with van der Waals surface area (Å²) in [5, 5.41) is 0.757. The highest BCUT2D eigenvalue weighted by Gasteiger charge is 2.37. The molecule has 15 heavy (non-hydrogen) atoms. The van der Waals surface area contributed by atoms with Gasteiger partial charge in [0.05, 0.1) is 7.11 Å². The molecule has 2 rings (SSSR count). The highest BCUT2D eigenvalue weighted by molar-refractivity contribution is 6.30. The minimum Gasteiger partial charge on any atom is -0.496 e. The van der Waals surface area contributed by atoms with Crippen molar-refractivity contribution in [1.29, 1.82) is 0 Å². The molecule has 0 unspecified atom stereocenters. The van der Waals surface area contributed by atoms with Crippen molar-refractivity contribution in [3.8, 4) is 5.75 Å². The van der Waals surface area contributed by atoms with Gasteiger partial charge >= 0.3 is 0 Å². The molecule has 2 N–H and O–H groups in total. The predicted octanol–water partition coefficient (Wildman–Crippen LogP) is 2.77. The molecule has 1 aliphatic rings. The first-order valence-corrected chi connectivity index (χ1v) is 5.62. The first-order valence-electron chi connectivity index (χ1n) is 5.24. The summed E-state index contributed by atoms with van der Waals surface area (Å²) in [5.41, 5.74) is 7.30. The molecule has 82 valence electrons. The van der Waals surface area contributed by atoms with Crippen LogP contribution in [0.1, 0.15) is 24.8 Å². The largest absolute Gasteiger partial charge is 0.496 e. The Kier molecular flexibility index (Phi) is 2.89. The van der Waals surface area contributed by atoms with Gasteiger partial charge in [0.15, 0.2) is 0 Å². The molecule has 0 aliphatic heterocycles. The van der Waals surface area contributed by atoms with Gasteiger partial charge in [0, 0.05) is 10.6 Å². The molecule has 3 heteroatoms. The lowest BCUT2D eigenvalue weighted by Crippen LogP contribution is -2.22. The number of hydrogen-bond acceptors (Lipinski definition) is 2. The summed E-state index contributed by atoms with van der Waals surface area (Å²) in [6.45, 7) is 0. The van der Waals surface area contributed by atoms with Gasteiger partial charge in [0.25, 0.3) is 0 Å². The minimum atomic E-state index is 0.0906. The van der Waals surface area contributed by atoms with Gasteiger partial charge in [0.1, 0.15) is 5.75 Å². The number of halogens is 1. The van der Waals surface area contributed by atoms with Crippen LogP contribution in [0.3, 0.4) is 0 Å². The second-order valence-electron chi connectivity index (χ2n) is 4.32. The maximum absolute atomic E-state index is 6.05. The zero-order chi connectivity index (χ0) is 10.9.